The number of ketones is 1. The number of alkyl halides is 4. The maximum atomic E-state index is 12.6. The van der Waals surface area contributed by atoms with Gasteiger partial charge in [0, 0.05) is 5.92 Å². The molecule has 0 aliphatic rings. The van der Waals surface area contributed by atoms with Gasteiger partial charge in [-0.05, 0) is 13.8 Å². The highest BCUT2D eigenvalue weighted by Gasteiger charge is 2.43. The maximum absolute atomic E-state index is 12.6. The van der Waals surface area contributed by atoms with Crippen molar-refractivity contribution < 1.29 is 27.1 Å². The van der Waals surface area contributed by atoms with Crippen LogP contribution in [0.5, 0.6) is 0 Å². The number of hydrogen-bond acceptors (Lipinski definition) is 2. The molecule has 0 aliphatic carbocycles. The van der Waals surface area contributed by atoms with E-state index < -0.39 is 36.3 Å². The Bertz CT molecular complexity index is 249. The molecule has 0 unspecified atom stereocenters. The second-order valence-corrected chi connectivity index (χ2v) is 4.38. The molecule has 0 saturated carbocycles. The van der Waals surface area contributed by atoms with Crippen LogP contribution >= 0.6 is 0 Å². The van der Waals surface area contributed by atoms with Crippen LogP contribution in [0.2, 0.25) is 0 Å². The molecule has 0 aromatic rings. The van der Waals surface area contributed by atoms with Gasteiger partial charge in [-0.2, -0.15) is 8.78 Å². The summed E-state index contributed by atoms with van der Waals surface area (Å²) in [6.07, 6.45) is -3.79. The Morgan fingerprint density at radius 1 is 1.25 bits per heavy atom. The number of Topliss-reactive ketones (excluding diaryl/α,β-unsaturated/α-hetero) is 1. The highest BCUT2D eigenvalue weighted by molar-refractivity contribution is 5.88. The molecule has 0 fully saturated rings. The van der Waals surface area contributed by atoms with Crippen molar-refractivity contribution in [1.82, 2.24) is 0 Å². The summed E-state index contributed by atoms with van der Waals surface area (Å²) < 4.78 is 53.4. The molecule has 16 heavy (non-hydrogen) atoms. The topological polar surface area (TPSA) is 26.3 Å². The van der Waals surface area contributed by atoms with Crippen molar-refractivity contribution in [2.24, 2.45) is 5.92 Å². The Morgan fingerprint density at radius 3 is 2.00 bits per heavy atom. The molecule has 0 aromatic carbocycles. The van der Waals surface area contributed by atoms with Crippen LogP contribution in [-0.4, -0.2) is 30.3 Å². The average molecular weight is 244 g/mol. The molecule has 0 bridgehead atoms. The van der Waals surface area contributed by atoms with Crippen LogP contribution in [0, 0.1) is 5.92 Å². The number of carbonyl (C=O) groups is 1. The normalized spacial score (nSPS) is 13.6. The predicted molar refractivity (Wildman–Crippen MR) is 50.8 cm³/mol. The van der Waals surface area contributed by atoms with Crippen molar-refractivity contribution in [3.8, 4) is 0 Å². The minimum absolute atomic E-state index is 0.405. The summed E-state index contributed by atoms with van der Waals surface area (Å²) >= 11 is 0. The molecule has 0 N–H and O–H groups in total. The van der Waals surface area contributed by atoms with Crippen molar-refractivity contribution in [2.75, 3.05) is 6.61 Å². The first-order valence-corrected chi connectivity index (χ1v) is 4.85. The number of ether oxygens (including phenoxy) is 1. The van der Waals surface area contributed by atoms with Crippen molar-refractivity contribution in [1.29, 1.82) is 0 Å². The van der Waals surface area contributed by atoms with Crippen LogP contribution in [0.4, 0.5) is 17.6 Å². The lowest BCUT2D eigenvalue weighted by molar-refractivity contribution is -0.192. The number of hydrogen-bond donors (Lipinski definition) is 0. The third-order valence-corrected chi connectivity index (χ3v) is 2.06. The van der Waals surface area contributed by atoms with Crippen LogP contribution in [-0.2, 0) is 9.53 Å². The zero-order valence-corrected chi connectivity index (χ0v) is 9.69. The third kappa shape index (κ3) is 4.08. The van der Waals surface area contributed by atoms with E-state index in [-0.39, 0.29) is 0 Å². The van der Waals surface area contributed by atoms with Crippen LogP contribution < -0.4 is 0 Å². The molecule has 0 radical (unpaired) electrons. The first kappa shape index (κ1) is 15.3. The third-order valence-electron chi connectivity index (χ3n) is 2.06. The van der Waals surface area contributed by atoms with Crippen molar-refractivity contribution in [2.45, 2.75) is 45.6 Å². The van der Waals surface area contributed by atoms with Crippen molar-refractivity contribution in [3.05, 3.63) is 0 Å². The van der Waals surface area contributed by atoms with Crippen LogP contribution in [0.1, 0.15) is 27.7 Å². The highest BCUT2D eigenvalue weighted by Crippen LogP contribution is 2.26. The summed E-state index contributed by atoms with van der Waals surface area (Å²) in [5, 5.41) is 0. The van der Waals surface area contributed by atoms with E-state index in [4.69, 9.17) is 0 Å². The fraction of sp³-hybridized carbons (Fsp3) is 0.900. The molecule has 0 amide bonds. The lowest BCUT2D eigenvalue weighted by atomic mass is 9.94. The number of carbonyl (C=O) groups excluding carboxylic acids is 1. The second kappa shape index (κ2) is 5.12. The molecule has 96 valence electrons. The predicted octanol–water partition coefficient (Wildman–Crippen LogP) is 2.91. The lowest BCUT2D eigenvalue weighted by Gasteiger charge is -2.27. The zero-order chi connectivity index (χ0) is 13.1. The minimum Gasteiger partial charge on any atom is -0.361 e. The fourth-order valence-electron chi connectivity index (χ4n) is 1.11. The van der Waals surface area contributed by atoms with Crippen LogP contribution in [0.3, 0.4) is 0 Å². The van der Waals surface area contributed by atoms with Crippen LogP contribution in [0.25, 0.3) is 0 Å². The summed E-state index contributed by atoms with van der Waals surface area (Å²) in [6, 6.07) is 0. The summed E-state index contributed by atoms with van der Waals surface area (Å²) in [4.78, 5) is 11.5. The summed E-state index contributed by atoms with van der Waals surface area (Å²) in [5.41, 5.74) is -1.48. The Morgan fingerprint density at radius 2 is 1.69 bits per heavy atom. The van der Waals surface area contributed by atoms with Gasteiger partial charge < -0.3 is 4.74 Å². The molecular weight excluding hydrogens is 228 g/mol. The molecule has 2 nitrogen and oxygen atoms in total. The van der Waals surface area contributed by atoms with Gasteiger partial charge in [-0.1, -0.05) is 13.8 Å². The largest absolute Gasteiger partial charge is 0.361 e. The van der Waals surface area contributed by atoms with Gasteiger partial charge in [0.1, 0.15) is 12.2 Å². The van der Waals surface area contributed by atoms with Crippen molar-refractivity contribution >= 4 is 5.78 Å². The van der Waals surface area contributed by atoms with E-state index in [1.807, 2.05) is 0 Å². The molecule has 0 rings (SSSR count). The Hall–Kier alpha value is -0.650. The van der Waals surface area contributed by atoms with Gasteiger partial charge in [0.25, 0.3) is 0 Å². The second-order valence-electron chi connectivity index (χ2n) is 4.38. The van der Waals surface area contributed by atoms with Gasteiger partial charge in [0.2, 0.25) is 0 Å². The van der Waals surface area contributed by atoms with Crippen molar-refractivity contribution in [3.63, 3.8) is 0 Å². The smallest absolute Gasteiger partial charge is 0.330 e. The quantitative estimate of drug-likeness (QED) is 0.671. The zero-order valence-electron chi connectivity index (χ0n) is 9.69. The Kier molecular flexibility index (Phi) is 4.91. The highest BCUT2D eigenvalue weighted by atomic mass is 19.3. The number of halogens is 4. The molecule has 0 spiro atoms. The van der Waals surface area contributed by atoms with E-state index in [0.717, 1.165) is 0 Å². The molecule has 0 heterocycles. The van der Waals surface area contributed by atoms with Gasteiger partial charge in [0.15, 0.2) is 5.78 Å². The first-order valence-electron chi connectivity index (χ1n) is 4.85. The van der Waals surface area contributed by atoms with Crippen LogP contribution in [0.15, 0.2) is 0 Å². The maximum Gasteiger partial charge on any atom is 0.330 e. The van der Waals surface area contributed by atoms with Gasteiger partial charge in [0.05, 0.1) is 0 Å². The average Bonchev–Trinajstić information content (AvgIpc) is 2.13. The Balaban J connectivity index is 4.46. The molecule has 0 aliphatic heterocycles. The van der Waals surface area contributed by atoms with Gasteiger partial charge >= 0.3 is 12.3 Å². The fourth-order valence-corrected chi connectivity index (χ4v) is 1.11. The molecule has 0 saturated heterocycles. The molecule has 0 atom stereocenters. The SMILES string of the molecule is CC(C)C(=O)C(C)(C)OCC(F)(F)C(F)F. The van der Waals surface area contributed by atoms with E-state index in [1.54, 1.807) is 13.8 Å². The van der Waals surface area contributed by atoms with E-state index in [0.29, 0.717) is 0 Å². The summed E-state index contributed by atoms with van der Waals surface area (Å²) in [7, 11) is 0. The Labute approximate surface area is 92.0 Å². The summed E-state index contributed by atoms with van der Waals surface area (Å²) in [6.45, 7) is 4.28. The number of rotatable bonds is 6. The van der Waals surface area contributed by atoms with E-state index in [1.165, 1.54) is 13.8 Å². The molecular formula is C10H16F4O2. The van der Waals surface area contributed by atoms with Gasteiger partial charge in [-0.3, -0.25) is 4.79 Å². The van der Waals surface area contributed by atoms with Gasteiger partial charge in [-0.15, -0.1) is 0 Å². The minimum atomic E-state index is -4.23. The lowest BCUT2D eigenvalue weighted by Crippen LogP contribution is -2.43. The standard InChI is InChI=1S/C10H16F4O2/c1-6(2)7(15)9(3,4)16-5-10(13,14)8(11)12/h6,8H,5H2,1-4H3. The van der Waals surface area contributed by atoms with E-state index >= 15 is 0 Å². The molecule has 0 aromatic heterocycles. The van der Waals surface area contributed by atoms with E-state index in [2.05, 4.69) is 4.74 Å². The van der Waals surface area contributed by atoms with E-state index in [9.17, 15) is 22.4 Å². The monoisotopic (exact) mass is 244 g/mol. The summed E-state index contributed by atoms with van der Waals surface area (Å²) in [5.74, 6) is -5.04. The van der Waals surface area contributed by atoms with Gasteiger partial charge in [-0.25, -0.2) is 8.78 Å². The first-order chi connectivity index (χ1) is 7.00. The molecule has 6 heteroatoms.